The summed E-state index contributed by atoms with van der Waals surface area (Å²) < 4.78 is 11.0. The maximum atomic E-state index is 5.69. The summed E-state index contributed by atoms with van der Waals surface area (Å²) >= 11 is 0. The van der Waals surface area contributed by atoms with Crippen molar-refractivity contribution in [3.63, 3.8) is 0 Å². The molecule has 2 saturated heterocycles. The minimum Gasteiger partial charge on any atom is -0.379 e. The SMILES string of the molecule is CCC1CC(NCCN2CCOCC2)CCO1. The molecule has 2 aliphatic rings. The number of rotatable bonds is 5. The summed E-state index contributed by atoms with van der Waals surface area (Å²) in [6.45, 7) is 9.36. The van der Waals surface area contributed by atoms with Crippen LogP contribution in [0.5, 0.6) is 0 Å². The lowest BCUT2D eigenvalue weighted by atomic mass is 10.0. The molecule has 4 nitrogen and oxygen atoms in total. The highest BCUT2D eigenvalue weighted by Crippen LogP contribution is 2.15. The molecule has 0 bridgehead atoms. The van der Waals surface area contributed by atoms with Crippen molar-refractivity contribution < 1.29 is 9.47 Å². The Labute approximate surface area is 105 Å². The zero-order valence-corrected chi connectivity index (χ0v) is 11.0. The zero-order valence-electron chi connectivity index (χ0n) is 11.0. The van der Waals surface area contributed by atoms with Gasteiger partial charge in [-0.25, -0.2) is 0 Å². The van der Waals surface area contributed by atoms with Gasteiger partial charge in [-0.05, 0) is 19.3 Å². The molecule has 100 valence electrons. The Bertz CT molecular complexity index is 208. The van der Waals surface area contributed by atoms with Gasteiger partial charge < -0.3 is 14.8 Å². The second-order valence-electron chi connectivity index (χ2n) is 5.03. The smallest absolute Gasteiger partial charge is 0.0594 e. The van der Waals surface area contributed by atoms with Crippen molar-refractivity contribution in [1.82, 2.24) is 10.2 Å². The van der Waals surface area contributed by atoms with E-state index in [0.717, 1.165) is 52.4 Å². The molecule has 2 aliphatic heterocycles. The van der Waals surface area contributed by atoms with E-state index in [1.807, 2.05) is 0 Å². The highest BCUT2D eigenvalue weighted by Gasteiger charge is 2.20. The van der Waals surface area contributed by atoms with Crippen LogP contribution in [0, 0.1) is 0 Å². The molecule has 2 unspecified atom stereocenters. The summed E-state index contributed by atoms with van der Waals surface area (Å²) in [7, 11) is 0. The number of morpholine rings is 1. The Kier molecular flexibility index (Phi) is 5.71. The van der Waals surface area contributed by atoms with Gasteiger partial charge in [-0.2, -0.15) is 0 Å². The fraction of sp³-hybridized carbons (Fsp3) is 1.00. The average molecular weight is 242 g/mol. The molecule has 0 spiro atoms. The van der Waals surface area contributed by atoms with Crippen LogP contribution in [-0.4, -0.2) is 63.0 Å². The van der Waals surface area contributed by atoms with Gasteiger partial charge in [-0.15, -0.1) is 0 Å². The van der Waals surface area contributed by atoms with Gasteiger partial charge in [0.25, 0.3) is 0 Å². The van der Waals surface area contributed by atoms with E-state index in [1.165, 1.54) is 12.8 Å². The van der Waals surface area contributed by atoms with Crippen molar-refractivity contribution in [3.05, 3.63) is 0 Å². The first-order valence-corrected chi connectivity index (χ1v) is 7.03. The first-order valence-electron chi connectivity index (χ1n) is 7.03. The van der Waals surface area contributed by atoms with Crippen molar-refractivity contribution in [2.24, 2.45) is 0 Å². The minimum absolute atomic E-state index is 0.477. The molecule has 0 aromatic heterocycles. The van der Waals surface area contributed by atoms with E-state index in [9.17, 15) is 0 Å². The lowest BCUT2D eigenvalue weighted by Crippen LogP contribution is -2.44. The topological polar surface area (TPSA) is 33.7 Å². The third-order valence-electron chi connectivity index (χ3n) is 3.79. The van der Waals surface area contributed by atoms with Crippen LogP contribution in [-0.2, 0) is 9.47 Å². The molecular weight excluding hydrogens is 216 g/mol. The number of nitrogens with one attached hydrogen (secondary N) is 1. The molecule has 2 fully saturated rings. The van der Waals surface area contributed by atoms with E-state index in [4.69, 9.17) is 9.47 Å². The van der Waals surface area contributed by atoms with Crippen LogP contribution in [0.1, 0.15) is 26.2 Å². The van der Waals surface area contributed by atoms with Crippen LogP contribution in [0.3, 0.4) is 0 Å². The van der Waals surface area contributed by atoms with Crippen LogP contribution in [0.4, 0.5) is 0 Å². The summed E-state index contributed by atoms with van der Waals surface area (Å²) in [5.41, 5.74) is 0. The number of hydrogen-bond donors (Lipinski definition) is 1. The first kappa shape index (κ1) is 13.3. The van der Waals surface area contributed by atoms with E-state index in [1.54, 1.807) is 0 Å². The van der Waals surface area contributed by atoms with Crippen LogP contribution in [0.25, 0.3) is 0 Å². The van der Waals surface area contributed by atoms with Crippen molar-refractivity contribution in [3.8, 4) is 0 Å². The van der Waals surface area contributed by atoms with E-state index in [-0.39, 0.29) is 0 Å². The van der Waals surface area contributed by atoms with Crippen molar-refractivity contribution in [2.45, 2.75) is 38.3 Å². The fourth-order valence-corrected chi connectivity index (χ4v) is 2.60. The number of hydrogen-bond acceptors (Lipinski definition) is 4. The summed E-state index contributed by atoms with van der Waals surface area (Å²) in [6, 6.07) is 0.662. The predicted molar refractivity (Wildman–Crippen MR) is 68.3 cm³/mol. The molecule has 2 rings (SSSR count). The molecule has 0 aromatic carbocycles. The first-order chi connectivity index (χ1) is 8.38. The Balaban J connectivity index is 1.57. The Morgan fingerprint density at radius 2 is 2.06 bits per heavy atom. The predicted octanol–water partition coefficient (Wildman–Crippen LogP) is 0.866. The third-order valence-corrected chi connectivity index (χ3v) is 3.79. The standard InChI is InChI=1S/C13H26N2O2/c1-2-13-11-12(3-8-17-13)14-4-5-15-6-9-16-10-7-15/h12-14H,2-11H2,1H3. The van der Waals surface area contributed by atoms with Gasteiger partial charge in [-0.3, -0.25) is 4.90 Å². The monoisotopic (exact) mass is 242 g/mol. The average Bonchev–Trinajstić information content (AvgIpc) is 2.40. The van der Waals surface area contributed by atoms with Gasteiger partial charge in [0.15, 0.2) is 0 Å². The molecule has 0 amide bonds. The fourth-order valence-electron chi connectivity index (χ4n) is 2.60. The van der Waals surface area contributed by atoms with E-state index in [2.05, 4.69) is 17.1 Å². The maximum absolute atomic E-state index is 5.69. The highest BCUT2D eigenvalue weighted by molar-refractivity contribution is 4.76. The summed E-state index contributed by atoms with van der Waals surface area (Å²) in [5, 5.41) is 3.67. The zero-order chi connectivity index (χ0) is 11.9. The Morgan fingerprint density at radius 3 is 2.82 bits per heavy atom. The molecule has 2 heterocycles. The van der Waals surface area contributed by atoms with E-state index in [0.29, 0.717) is 12.1 Å². The highest BCUT2D eigenvalue weighted by atomic mass is 16.5. The third kappa shape index (κ3) is 4.54. The largest absolute Gasteiger partial charge is 0.379 e. The van der Waals surface area contributed by atoms with E-state index >= 15 is 0 Å². The Hall–Kier alpha value is -0.160. The molecule has 2 atom stereocenters. The van der Waals surface area contributed by atoms with Crippen LogP contribution in [0.2, 0.25) is 0 Å². The molecule has 0 radical (unpaired) electrons. The summed E-state index contributed by atoms with van der Waals surface area (Å²) in [6.07, 6.45) is 3.96. The lowest BCUT2D eigenvalue weighted by Gasteiger charge is -2.31. The molecule has 1 N–H and O–H groups in total. The van der Waals surface area contributed by atoms with Crippen LogP contribution < -0.4 is 5.32 Å². The Morgan fingerprint density at radius 1 is 1.24 bits per heavy atom. The van der Waals surface area contributed by atoms with Crippen molar-refractivity contribution >= 4 is 0 Å². The summed E-state index contributed by atoms with van der Waals surface area (Å²) in [4.78, 5) is 2.48. The normalized spacial score (nSPS) is 31.6. The second-order valence-corrected chi connectivity index (χ2v) is 5.03. The minimum atomic E-state index is 0.477. The molecule has 0 aromatic rings. The van der Waals surface area contributed by atoms with Crippen LogP contribution >= 0.6 is 0 Å². The van der Waals surface area contributed by atoms with Crippen molar-refractivity contribution in [2.75, 3.05) is 46.0 Å². The van der Waals surface area contributed by atoms with Gasteiger partial charge in [0, 0.05) is 38.8 Å². The molecule has 0 saturated carbocycles. The van der Waals surface area contributed by atoms with E-state index < -0.39 is 0 Å². The van der Waals surface area contributed by atoms with Crippen LogP contribution in [0.15, 0.2) is 0 Å². The van der Waals surface area contributed by atoms with Gasteiger partial charge in [0.05, 0.1) is 19.3 Å². The molecule has 4 heteroatoms. The molecule has 17 heavy (non-hydrogen) atoms. The van der Waals surface area contributed by atoms with Gasteiger partial charge in [0.2, 0.25) is 0 Å². The van der Waals surface area contributed by atoms with Gasteiger partial charge in [-0.1, -0.05) is 6.92 Å². The number of nitrogens with zero attached hydrogens (tertiary/aromatic N) is 1. The van der Waals surface area contributed by atoms with Crippen molar-refractivity contribution in [1.29, 1.82) is 0 Å². The molecule has 0 aliphatic carbocycles. The number of ether oxygens (including phenoxy) is 2. The quantitative estimate of drug-likeness (QED) is 0.775. The second kappa shape index (κ2) is 7.31. The molecular formula is C13H26N2O2. The lowest BCUT2D eigenvalue weighted by molar-refractivity contribution is -0.00134. The van der Waals surface area contributed by atoms with Gasteiger partial charge in [0.1, 0.15) is 0 Å². The summed E-state index contributed by atoms with van der Waals surface area (Å²) in [5.74, 6) is 0. The van der Waals surface area contributed by atoms with Gasteiger partial charge >= 0.3 is 0 Å². The maximum Gasteiger partial charge on any atom is 0.0594 e.